The molecule has 1 heterocycles. The van der Waals surface area contributed by atoms with Gasteiger partial charge in [0, 0.05) is 23.3 Å². The van der Waals surface area contributed by atoms with E-state index in [9.17, 15) is 8.78 Å². The average molecular weight is 245 g/mol. The van der Waals surface area contributed by atoms with Gasteiger partial charge in [-0.2, -0.15) is 5.10 Å². The van der Waals surface area contributed by atoms with Crippen molar-refractivity contribution < 1.29 is 8.78 Å². The van der Waals surface area contributed by atoms with Crippen molar-refractivity contribution in [3.63, 3.8) is 0 Å². The lowest BCUT2D eigenvalue weighted by molar-refractivity contribution is 0.121. The second kappa shape index (κ2) is 5.12. The zero-order chi connectivity index (χ0) is 13.2. The second-order valence-corrected chi connectivity index (χ2v) is 5.33. The van der Waals surface area contributed by atoms with Crippen LogP contribution in [0.2, 0.25) is 0 Å². The van der Waals surface area contributed by atoms with Gasteiger partial charge in [-0.1, -0.05) is 0 Å². The molecular weight excluding hydrogens is 224 g/mol. The third-order valence-corrected chi connectivity index (χ3v) is 2.64. The summed E-state index contributed by atoms with van der Waals surface area (Å²) in [6.45, 7) is 10.2. The Morgan fingerprint density at radius 1 is 1.29 bits per heavy atom. The van der Waals surface area contributed by atoms with Gasteiger partial charge in [0.15, 0.2) is 0 Å². The highest BCUT2D eigenvalue weighted by Crippen LogP contribution is 2.15. The molecule has 3 nitrogen and oxygen atoms in total. The van der Waals surface area contributed by atoms with Crippen molar-refractivity contribution in [2.75, 3.05) is 0 Å². The minimum Gasteiger partial charge on any atom is -0.308 e. The Bertz CT molecular complexity index is 378. The lowest BCUT2D eigenvalue weighted by atomic mass is 10.1. The van der Waals surface area contributed by atoms with Crippen molar-refractivity contribution in [3.8, 4) is 0 Å². The number of hydrogen-bond acceptors (Lipinski definition) is 2. The van der Waals surface area contributed by atoms with Gasteiger partial charge < -0.3 is 5.32 Å². The maximum absolute atomic E-state index is 12.3. The molecule has 0 aromatic carbocycles. The summed E-state index contributed by atoms with van der Waals surface area (Å²) in [5.74, 6) is 0. The van der Waals surface area contributed by atoms with Crippen LogP contribution in [0.15, 0.2) is 0 Å². The highest BCUT2D eigenvalue weighted by atomic mass is 19.3. The van der Waals surface area contributed by atoms with Gasteiger partial charge in [0.2, 0.25) is 0 Å². The van der Waals surface area contributed by atoms with E-state index >= 15 is 0 Å². The number of nitrogens with one attached hydrogen (secondary N) is 1. The Morgan fingerprint density at radius 3 is 2.35 bits per heavy atom. The Morgan fingerprint density at radius 2 is 1.88 bits per heavy atom. The topological polar surface area (TPSA) is 29.9 Å². The summed E-state index contributed by atoms with van der Waals surface area (Å²) in [5.41, 5.74) is 2.66. The van der Waals surface area contributed by atoms with Gasteiger partial charge in [-0.15, -0.1) is 0 Å². The van der Waals surface area contributed by atoms with Gasteiger partial charge in [0.25, 0.3) is 6.43 Å². The van der Waals surface area contributed by atoms with E-state index in [1.54, 1.807) is 0 Å². The van der Waals surface area contributed by atoms with Crippen LogP contribution in [0.5, 0.6) is 0 Å². The minimum atomic E-state index is -2.36. The van der Waals surface area contributed by atoms with E-state index in [1.807, 2.05) is 13.8 Å². The number of rotatable bonds is 4. The highest BCUT2D eigenvalue weighted by Gasteiger charge is 2.16. The Balaban J connectivity index is 2.82. The molecule has 1 N–H and O–H groups in total. The molecule has 0 atom stereocenters. The molecule has 0 aliphatic heterocycles. The summed E-state index contributed by atoms with van der Waals surface area (Å²) in [4.78, 5) is 0. The van der Waals surface area contributed by atoms with Gasteiger partial charge in [0.1, 0.15) is 6.54 Å². The van der Waals surface area contributed by atoms with Crippen LogP contribution in [0.4, 0.5) is 8.78 Å². The van der Waals surface area contributed by atoms with E-state index < -0.39 is 6.43 Å². The van der Waals surface area contributed by atoms with Crippen molar-refractivity contribution in [1.29, 1.82) is 0 Å². The number of aromatic nitrogens is 2. The van der Waals surface area contributed by atoms with Crippen molar-refractivity contribution in [1.82, 2.24) is 15.1 Å². The lowest BCUT2D eigenvalue weighted by Gasteiger charge is -2.20. The second-order valence-electron chi connectivity index (χ2n) is 5.33. The van der Waals surface area contributed by atoms with Crippen LogP contribution >= 0.6 is 0 Å². The summed E-state index contributed by atoms with van der Waals surface area (Å²) >= 11 is 0. The van der Waals surface area contributed by atoms with Crippen molar-refractivity contribution in [2.45, 2.75) is 59.7 Å². The standard InChI is InChI=1S/C12H21F2N3/c1-8-10(6-15-12(3,4)5)9(2)17(16-8)7-11(13)14/h11,15H,6-7H2,1-5H3. The van der Waals surface area contributed by atoms with Crippen LogP contribution in [0, 0.1) is 13.8 Å². The molecule has 0 bridgehead atoms. The predicted molar refractivity (Wildman–Crippen MR) is 64.3 cm³/mol. The SMILES string of the molecule is Cc1nn(CC(F)F)c(C)c1CNC(C)(C)C. The summed E-state index contributed by atoms with van der Waals surface area (Å²) in [6, 6.07) is 0. The molecule has 0 radical (unpaired) electrons. The molecular formula is C12H21F2N3. The molecule has 1 rings (SSSR count). The zero-order valence-corrected chi connectivity index (χ0v) is 11.1. The first-order chi connectivity index (χ1) is 7.70. The van der Waals surface area contributed by atoms with Gasteiger partial charge in [-0.05, 0) is 34.6 Å². The molecule has 0 amide bonds. The smallest absolute Gasteiger partial charge is 0.257 e. The van der Waals surface area contributed by atoms with E-state index in [4.69, 9.17) is 0 Å². The van der Waals surface area contributed by atoms with Crippen molar-refractivity contribution in [3.05, 3.63) is 17.0 Å². The average Bonchev–Trinajstić information content (AvgIpc) is 2.37. The van der Waals surface area contributed by atoms with Gasteiger partial charge >= 0.3 is 0 Å². The monoisotopic (exact) mass is 245 g/mol. The highest BCUT2D eigenvalue weighted by molar-refractivity contribution is 5.24. The first kappa shape index (κ1) is 14.1. The fourth-order valence-corrected chi connectivity index (χ4v) is 1.65. The third-order valence-electron chi connectivity index (χ3n) is 2.64. The molecule has 0 aliphatic rings. The summed E-state index contributed by atoms with van der Waals surface area (Å²) < 4.78 is 26.1. The van der Waals surface area contributed by atoms with Crippen LogP contribution in [0.3, 0.4) is 0 Å². The molecule has 0 fully saturated rings. The van der Waals surface area contributed by atoms with Crippen LogP contribution in [0.25, 0.3) is 0 Å². The Hall–Kier alpha value is -0.970. The van der Waals surface area contributed by atoms with Gasteiger partial charge in [-0.25, -0.2) is 8.78 Å². The van der Waals surface area contributed by atoms with E-state index in [-0.39, 0.29) is 12.1 Å². The van der Waals surface area contributed by atoms with Crippen LogP contribution in [-0.4, -0.2) is 21.7 Å². The van der Waals surface area contributed by atoms with Crippen molar-refractivity contribution >= 4 is 0 Å². The normalized spacial score (nSPS) is 12.5. The molecule has 0 spiro atoms. The van der Waals surface area contributed by atoms with Crippen LogP contribution in [-0.2, 0) is 13.1 Å². The Kier molecular flexibility index (Phi) is 4.25. The minimum absolute atomic E-state index is 0.00367. The third kappa shape index (κ3) is 4.07. The first-order valence-electron chi connectivity index (χ1n) is 5.77. The predicted octanol–water partition coefficient (Wildman–Crippen LogP) is 2.65. The number of alkyl halides is 2. The summed E-state index contributed by atoms with van der Waals surface area (Å²) in [7, 11) is 0. The molecule has 5 heteroatoms. The maximum Gasteiger partial charge on any atom is 0.257 e. The Labute approximate surface area is 101 Å². The molecule has 1 aromatic rings. The molecule has 0 saturated carbocycles. The summed E-state index contributed by atoms with van der Waals surface area (Å²) in [5, 5.41) is 7.49. The van der Waals surface area contributed by atoms with E-state index in [0.717, 1.165) is 17.0 Å². The van der Waals surface area contributed by atoms with Gasteiger partial charge in [-0.3, -0.25) is 4.68 Å². The molecule has 1 aromatic heterocycles. The lowest BCUT2D eigenvalue weighted by Crippen LogP contribution is -2.35. The molecule has 0 unspecified atom stereocenters. The fourth-order valence-electron chi connectivity index (χ4n) is 1.65. The molecule has 17 heavy (non-hydrogen) atoms. The summed E-state index contributed by atoms with van der Waals surface area (Å²) in [6.07, 6.45) is -2.36. The van der Waals surface area contributed by atoms with Crippen LogP contribution < -0.4 is 5.32 Å². The van der Waals surface area contributed by atoms with Crippen LogP contribution in [0.1, 0.15) is 37.7 Å². The quantitative estimate of drug-likeness (QED) is 0.883. The zero-order valence-electron chi connectivity index (χ0n) is 11.1. The first-order valence-corrected chi connectivity index (χ1v) is 5.77. The number of hydrogen-bond donors (Lipinski definition) is 1. The van der Waals surface area contributed by atoms with E-state index in [2.05, 4.69) is 31.2 Å². The molecule has 98 valence electrons. The maximum atomic E-state index is 12.3. The van der Waals surface area contributed by atoms with Crippen molar-refractivity contribution in [2.24, 2.45) is 0 Å². The number of halogens is 2. The fraction of sp³-hybridized carbons (Fsp3) is 0.750. The number of nitrogens with zero attached hydrogens (tertiary/aromatic N) is 2. The van der Waals surface area contributed by atoms with E-state index in [1.165, 1.54) is 4.68 Å². The molecule has 0 aliphatic carbocycles. The van der Waals surface area contributed by atoms with E-state index in [0.29, 0.717) is 6.54 Å². The largest absolute Gasteiger partial charge is 0.308 e. The van der Waals surface area contributed by atoms with Gasteiger partial charge in [0.05, 0.1) is 5.69 Å². The molecule has 0 saturated heterocycles. The number of aryl methyl sites for hydroxylation is 1.